The molecule has 3 nitrogen and oxygen atoms in total. The van der Waals surface area contributed by atoms with Crippen LogP contribution in [0.1, 0.15) is 42.9 Å². The normalized spacial score (nSPS) is 18.7. The van der Waals surface area contributed by atoms with Gasteiger partial charge in [0.1, 0.15) is 11.6 Å². The van der Waals surface area contributed by atoms with E-state index in [1.54, 1.807) is 18.2 Å². The molecule has 0 bridgehead atoms. The molecular formula is C28H30F4O3. The van der Waals surface area contributed by atoms with Gasteiger partial charge in [-0.2, -0.15) is 0 Å². The Kier molecular flexibility index (Phi) is 8.29. The number of benzene rings is 3. The lowest BCUT2D eigenvalue weighted by atomic mass is 9.98. The number of fused-ring (bicyclic) bond motifs is 1. The van der Waals surface area contributed by atoms with Gasteiger partial charge >= 0.3 is 6.36 Å². The fraction of sp³-hybridized carbons (Fsp3) is 0.429. The van der Waals surface area contributed by atoms with Crippen molar-refractivity contribution >= 4 is 10.8 Å². The molecule has 0 aliphatic carbocycles. The van der Waals surface area contributed by atoms with E-state index in [9.17, 15) is 13.2 Å². The molecule has 0 unspecified atom stereocenters. The molecule has 7 heteroatoms. The lowest BCUT2D eigenvalue weighted by Crippen LogP contribution is -2.32. The fourth-order valence-corrected chi connectivity index (χ4v) is 4.48. The second-order valence-corrected chi connectivity index (χ2v) is 9.08. The third-order valence-corrected chi connectivity index (χ3v) is 6.34. The van der Waals surface area contributed by atoms with E-state index in [0.717, 1.165) is 55.4 Å². The zero-order valence-electron chi connectivity index (χ0n) is 19.7. The predicted molar refractivity (Wildman–Crippen MR) is 127 cm³/mol. The molecule has 0 spiro atoms. The minimum Gasteiger partial charge on any atom is -0.406 e. The maximum Gasteiger partial charge on any atom is 0.573 e. The van der Waals surface area contributed by atoms with Crippen molar-refractivity contribution < 1.29 is 31.8 Å². The van der Waals surface area contributed by atoms with Crippen molar-refractivity contribution in [3.8, 4) is 5.75 Å². The Morgan fingerprint density at radius 3 is 2.26 bits per heavy atom. The molecule has 35 heavy (non-hydrogen) atoms. The van der Waals surface area contributed by atoms with Gasteiger partial charge in [-0.15, -0.1) is 13.2 Å². The number of hydrogen-bond acceptors (Lipinski definition) is 3. The minimum atomic E-state index is -4.72. The van der Waals surface area contributed by atoms with Gasteiger partial charge < -0.3 is 14.2 Å². The van der Waals surface area contributed by atoms with Gasteiger partial charge in [0, 0.05) is 17.7 Å². The highest BCUT2D eigenvalue weighted by atomic mass is 19.4. The quantitative estimate of drug-likeness (QED) is 0.293. The van der Waals surface area contributed by atoms with Crippen LogP contribution in [0.15, 0.2) is 54.6 Å². The van der Waals surface area contributed by atoms with Gasteiger partial charge in [-0.3, -0.25) is 0 Å². The predicted octanol–water partition coefficient (Wildman–Crippen LogP) is 7.38. The standard InChI is InChI=1S/C28H30F4O3/c1-2-3-21-17-33-26(34-18-21)15-8-20-7-14-25-23(16-20)11-10-22(27(25)29)9-4-19-5-12-24(13-6-19)35-28(30,31)32/h5-7,10-14,16,21,26H,2-4,8-9,15,17-18H2,1H3. The van der Waals surface area contributed by atoms with E-state index < -0.39 is 6.36 Å². The maximum absolute atomic E-state index is 15.1. The second-order valence-electron chi connectivity index (χ2n) is 9.08. The average molecular weight is 491 g/mol. The van der Waals surface area contributed by atoms with E-state index in [1.165, 1.54) is 12.1 Å². The van der Waals surface area contributed by atoms with Crippen LogP contribution in [0.2, 0.25) is 0 Å². The summed E-state index contributed by atoms with van der Waals surface area (Å²) in [6.45, 7) is 3.65. The van der Waals surface area contributed by atoms with Gasteiger partial charge in [-0.05, 0) is 59.9 Å². The largest absolute Gasteiger partial charge is 0.573 e. The van der Waals surface area contributed by atoms with E-state index in [2.05, 4.69) is 11.7 Å². The molecule has 1 fully saturated rings. The highest BCUT2D eigenvalue weighted by Crippen LogP contribution is 2.26. The van der Waals surface area contributed by atoms with Crippen LogP contribution in [-0.2, 0) is 28.7 Å². The van der Waals surface area contributed by atoms with Gasteiger partial charge in [0.05, 0.1) is 13.2 Å². The van der Waals surface area contributed by atoms with Crippen LogP contribution in [0.5, 0.6) is 5.75 Å². The summed E-state index contributed by atoms with van der Waals surface area (Å²) in [5.74, 6) is -0.0416. The molecule has 0 radical (unpaired) electrons. The molecule has 1 saturated heterocycles. The van der Waals surface area contributed by atoms with Crippen molar-refractivity contribution in [3.05, 3.63) is 77.1 Å². The molecule has 1 heterocycles. The topological polar surface area (TPSA) is 27.7 Å². The highest BCUT2D eigenvalue weighted by molar-refractivity contribution is 5.84. The Morgan fingerprint density at radius 2 is 1.57 bits per heavy atom. The van der Waals surface area contributed by atoms with Gasteiger partial charge in [0.25, 0.3) is 0 Å². The molecule has 3 aromatic carbocycles. The molecule has 188 valence electrons. The van der Waals surface area contributed by atoms with Crippen LogP contribution in [0.4, 0.5) is 17.6 Å². The van der Waals surface area contributed by atoms with E-state index in [0.29, 0.717) is 29.7 Å². The van der Waals surface area contributed by atoms with E-state index >= 15 is 4.39 Å². The lowest BCUT2D eigenvalue weighted by Gasteiger charge is -2.29. The van der Waals surface area contributed by atoms with E-state index in [1.807, 2.05) is 24.3 Å². The summed E-state index contributed by atoms with van der Waals surface area (Å²) < 4.78 is 67.6. The summed E-state index contributed by atoms with van der Waals surface area (Å²) in [4.78, 5) is 0. The van der Waals surface area contributed by atoms with Crippen molar-refractivity contribution in [3.63, 3.8) is 0 Å². The number of halogens is 4. The summed E-state index contributed by atoms with van der Waals surface area (Å²) in [7, 11) is 0. The van der Waals surface area contributed by atoms with Crippen molar-refractivity contribution in [1.82, 2.24) is 0 Å². The average Bonchev–Trinajstić information content (AvgIpc) is 2.83. The Hall–Kier alpha value is -2.64. The van der Waals surface area contributed by atoms with Crippen molar-refractivity contribution in [2.24, 2.45) is 5.92 Å². The second kappa shape index (κ2) is 11.4. The summed E-state index contributed by atoms with van der Waals surface area (Å²) >= 11 is 0. The molecule has 3 aromatic rings. The smallest absolute Gasteiger partial charge is 0.406 e. The molecule has 0 amide bonds. The van der Waals surface area contributed by atoms with Crippen molar-refractivity contribution in [2.45, 2.75) is 58.1 Å². The number of alkyl halides is 3. The number of aryl methyl sites for hydroxylation is 3. The molecule has 0 atom stereocenters. The molecular weight excluding hydrogens is 460 g/mol. The van der Waals surface area contributed by atoms with E-state index in [4.69, 9.17) is 9.47 Å². The van der Waals surface area contributed by atoms with Crippen molar-refractivity contribution in [2.75, 3.05) is 13.2 Å². The fourth-order valence-electron chi connectivity index (χ4n) is 4.48. The van der Waals surface area contributed by atoms with Crippen LogP contribution >= 0.6 is 0 Å². The third kappa shape index (κ3) is 7.18. The monoisotopic (exact) mass is 490 g/mol. The minimum absolute atomic E-state index is 0.188. The van der Waals surface area contributed by atoms with Gasteiger partial charge in [0.2, 0.25) is 0 Å². The summed E-state index contributed by atoms with van der Waals surface area (Å²) in [5.41, 5.74) is 2.49. The van der Waals surface area contributed by atoms with Crippen LogP contribution in [-0.4, -0.2) is 25.9 Å². The summed E-state index contributed by atoms with van der Waals surface area (Å²) in [6.07, 6.45) is -0.156. The third-order valence-electron chi connectivity index (χ3n) is 6.34. The van der Waals surface area contributed by atoms with Crippen LogP contribution in [0, 0.1) is 11.7 Å². The van der Waals surface area contributed by atoms with Gasteiger partial charge in [-0.1, -0.05) is 55.8 Å². The molecule has 0 saturated carbocycles. The summed E-state index contributed by atoms with van der Waals surface area (Å²) in [5, 5.41) is 1.40. The first-order chi connectivity index (χ1) is 16.8. The number of ether oxygens (including phenoxy) is 3. The maximum atomic E-state index is 15.1. The molecule has 1 aliphatic heterocycles. The Bertz CT molecular complexity index is 1100. The van der Waals surface area contributed by atoms with Crippen molar-refractivity contribution in [1.29, 1.82) is 0 Å². The number of rotatable bonds is 9. The Morgan fingerprint density at radius 1 is 0.857 bits per heavy atom. The van der Waals surface area contributed by atoms with Crippen LogP contribution < -0.4 is 4.74 Å². The molecule has 0 aromatic heterocycles. The van der Waals surface area contributed by atoms with Crippen LogP contribution in [0.25, 0.3) is 10.8 Å². The molecule has 1 aliphatic rings. The Labute approximate surface area is 203 Å². The molecule has 0 N–H and O–H groups in total. The van der Waals surface area contributed by atoms with E-state index in [-0.39, 0.29) is 17.9 Å². The zero-order chi connectivity index (χ0) is 24.8. The Balaban J connectivity index is 1.33. The van der Waals surface area contributed by atoms with Gasteiger partial charge in [-0.25, -0.2) is 4.39 Å². The number of hydrogen-bond donors (Lipinski definition) is 0. The first-order valence-corrected chi connectivity index (χ1v) is 12.1. The zero-order valence-corrected chi connectivity index (χ0v) is 19.7. The SMILES string of the molecule is CCCC1COC(CCc2ccc3c(F)c(CCc4ccc(OC(F)(F)F)cc4)ccc3c2)OC1. The molecule has 4 rings (SSSR count). The highest BCUT2D eigenvalue weighted by Gasteiger charge is 2.31. The van der Waals surface area contributed by atoms with Crippen LogP contribution in [0.3, 0.4) is 0 Å². The van der Waals surface area contributed by atoms with Gasteiger partial charge in [0.15, 0.2) is 6.29 Å². The summed E-state index contributed by atoms with van der Waals surface area (Å²) in [6, 6.07) is 15.1. The first-order valence-electron chi connectivity index (χ1n) is 12.1. The lowest BCUT2D eigenvalue weighted by molar-refractivity contribution is -0.274. The first kappa shape index (κ1) is 25.5.